The zero-order chi connectivity index (χ0) is 21.6. The van der Waals surface area contributed by atoms with Gasteiger partial charge in [-0.25, -0.2) is 4.39 Å². The average Bonchev–Trinajstić information content (AvgIpc) is 3.47. The second kappa shape index (κ2) is 9.75. The summed E-state index contributed by atoms with van der Waals surface area (Å²) < 4.78 is 13.1. The van der Waals surface area contributed by atoms with Crippen molar-refractivity contribution in [3.05, 3.63) is 81.8 Å². The number of hydrogen-bond donors (Lipinski definition) is 2. The molecular formula is C24H24FN3O2S. The third kappa shape index (κ3) is 5.49. The number of hydrogen-bond acceptors (Lipinski definition) is 4. The molecule has 1 fully saturated rings. The molecule has 0 spiro atoms. The number of benzene rings is 2. The predicted molar refractivity (Wildman–Crippen MR) is 122 cm³/mol. The zero-order valence-electron chi connectivity index (χ0n) is 17.1. The van der Waals surface area contributed by atoms with Gasteiger partial charge in [-0.3, -0.25) is 9.59 Å². The summed E-state index contributed by atoms with van der Waals surface area (Å²) in [4.78, 5) is 28.6. The third-order valence-electron chi connectivity index (χ3n) is 5.25. The van der Waals surface area contributed by atoms with Crippen LogP contribution in [0.15, 0.2) is 60.0 Å². The van der Waals surface area contributed by atoms with E-state index in [9.17, 15) is 14.0 Å². The van der Waals surface area contributed by atoms with Crippen molar-refractivity contribution in [1.29, 1.82) is 0 Å². The maximum Gasteiger partial charge on any atom is 0.253 e. The molecule has 3 aromatic rings. The highest BCUT2D eigenvalue weighted by Gasteiger charge is 2.20. The van der Waals surface area contributed by atoms with Crippen molar-refractivity contribution in [2.75, 3.05) is 23.3 Å². The van der Waals surface area contributed by atoms with Gasteiger partial charge in [0.05, 0.1) is 12.0 Å². The van der Waals surface area contributed by atoms with Gasteiger partial charge in [-0.05, 0) is 60.2 Å². The first-order chi connectivity index (χ1) is 15.1. The molecule has 2 amide bonds. The van der Waals surface area contributed by atoms with Crippen molar-refractivity contribution in [3.63, 3.8) is 0 Å². The minimum absolute atomic E-state index is 0.117. The number of rotatable bonds is 7. The Morgan fingerprint density at radius 1 is 1.03 bits per heavy atom. The largest absolute Gasteiger partial charge is 0.371 e. The first kappa shape index (κ1) is 21.1. The molecule has 160 valence electrons. The Morgan fingerprint density at radius 3 is 2.52 bits per heavy atom. The number of anilines is 2. The summed E-state index contributed by atoms with van der Waals surface area (Å²) in [5, 5.41) is 7.76. The number of nitrogens with one attached hydrogen (secondary N) is 2. The molecule has 0 unspecified atom stereocenters. The van der Waals surface area contributed by atoms with Crippen molar-refractivity contribution >= 4 is 34.5 Å². The molecule has 4 rings (SSSR count). The molecule has 1 aliphatic rings. The summed E-state index contributed by atoms with van der Waals surface area (Å²) in [5.74, 6) is -0.646. The highest BCUT2D eigenvalue weighted by Crippen LogP contribution is 2.28. The monoisotopic (exact) mass is 437 g/mol. The van der Waals surface area contributed by atoms with Gasteiger partial charge in [0.15, 0.2) is 0 Å². The van der Waals surface area contributed by atoms with Crippen LogP contribution in [-0.4, -0.2) is 24.9 Å². The fraction of sp³-hybridized carbons (Fsp3) is 0.250. The quantitative estimate of drug-likeness (QED) is 0.568. The maximum atomic E-state index is 13.1. The topological polar surface area (TPSA) is 61.4 Å². The van der Waals surface area contributed by atoms with Crippen LogP contribution in [0, 0.1) is 5.82 Å². The lowest BCUT2D eigenvalue weighted by Crippen LogP contribution is -2.27. The second-order valence-corrected chi connectivity index (χ2v) is 8.57. The molecule has 0 saturated carbocycles. The normalized spacial score (nSPS) is 13.3. The van der Waals surface area contributed by atoms with Crippen molar-refractivity contribution in [2.45, 2.75) is 25.8 Å². The van der Waals surface area contributed by atoms with Crippen LogP contribution in [0.2, 0.25) is 0 Å². The van der Waals surface area contributed by atoms with Crippen molar-refractivity contribution in [1.82, 2.24) is 5.32 Å². The van der Waals surface area contributed by atoms with Gasteiger partial charge in [-0.2, -0.15) is 0 Å². The molecular weight excluding hydrogens is 413 g/mol. The number of thiophene rings is 1. The maximum absolute atomic E-state index is 13.1. The van der Waals surface area contributed by atoms with Crippen molar-refractivity contribution < 1.29 is 14.0 Å². The predicted octanol–water partition coefficient (Wildman–Crippen LogP) is 4.60. The zero-order valence-corrected chi connectivity index (χ0v) is 17.9. The number of carbonyl (C=O) groups excluding carboxylic acids is 2. The van der Waals surface area contributed by atoms with E-state index in [1.807, 2.05) is 29.6 Å². The molecule has 7 heteroatoms. The van der Waals surface area contributed by atoms with Gasteiger partial charge in [-0.15, -0.1) is 11.3 Å². The van der Waals surface area contributed by atoms with Crippen LogP contribution >= 0.6 is 11.3 Å². The average molecular weight is 438 g/mol. The summed E-state index contributed by atoms with van der Waals surface area (Å²) >= 11 is 1.54. The van der Waals surface area contributed by atoms with E-state index < -0.39 is 0 Å². The van der Waals surface area contributed by atoms with E-state index in [2.05, 4.69) is 15.5 Å². The first-order valence-corrected chi connectivity index (χ1v) is 11.2. The van der Waals surface area contributed by atoms with Gasteiger partial charge >= 0.3 is 0 Å². The van der Waals surface area contributed by atoms with E-state index in [1.165, 1.54) is 23.5 Å². The second-order valence-electron chi connectivity index (χ2n) is 7.54. The minimum atomic E-state index is -0.308. The number of carbonyl (C=O) groups is 2. The molecule has 5 nitrogen and oxygen atoms in total. The van der Waals surface area contributed by atoms with Crippen LogP contribution < -0.4 is 15.5 Å². The summed E-state index contributed by atoms with van der Waals surface area (Å²) in [6.07, 6.45) is 2.49. The first-order valence-electron chi connectivity index (χ1n) is 10.3. The summed E-state index contributed by atoms with van der Waals surface area (Å²) in [6, 6.07) is 15.4. The number of nitrogens with zero attached hydrogens (tertiary/aromatic N) is 1. The Hall–Kier alpha value is -3.19. The lowest BCUT2D eigenvalue weighted by atomic mass is 10.1. The summed E-state index contributed by atoms with van der Waals surface area (Å²) in [6.45, 7) is 2.11. The van der Waals surface area contributed by atoms with Gasteiger partial charge in [0.2, 0.25) is 5.91 Å². The standard InChI is InChI=1S/C24H24FN3O2S/c25-18-7-5-17(6-8-18)16-26-24(30)21-14-19(9-10-22(21)28-11-1-2-12-28)27-23(29)15-20-4-3-13-31-20/h3-10,13-14H,1-2,11-12,15-16H2,(H,26,30)(H,27,29). The molecule has 0 atom stereocenters. The van der Waals surface area contributed by atoms with Crippen LogP contribution in [0.25, 0.3) is 0 Å². The Labute approximate surface area is 184 Å². The third-order valence-corrected chi connectivity index (χ3v) is 6.13. The highest BCUT2D eigenvalue weighted by atomic mass is 32.1. The summed E-state index contributed by atoms with van der Waals surface area (Å²) in [5.41, 5.74) is 2.80. The van der Waals surface area contributed by atoms with Crippen LogP contribution in [0.1, 0.15) is 33.6 Å². The number of amides is 2. The molecule has 2 heterocycles. The molecule has 1 aromatic heterocycles. The smallest absolute Gasteiger partial charge is 0.253 e. The fourth-order valence-corrected chi connectivity index (χ4v) is 4.39. The van der Waals surface area contributed by atoms with E-state index in [0.29, 0.717) is 24.2 Å². The molecule has 0 radical (unpaired) electrons. The molecule has 0 bridgehead atoms. The Morgan fingerprint density at radius 2 is 1.81 bits per heavy atom. The van der Waals surface area contributed by atoms with Crippen molar-refractivity contribution in [3.8, 4) is 0 Å². The van der Waals surface area contributed by atoms with E-state index in [1.54, 1.807) is 18.2 Å². The lowest BCUT2D eigenvalue weighted by molar-refractivity contribution is -0.115. The van der Waals surface area contributed by atoms with E-state index in [4.69, 9.17) is 0 Å². The van der Waals surface area contributed by atoms with Gasteiger partial charge in [-0.1, -0.05) is 18.2 Å². The van der Waals surface area contributed by atoms with Crippen LogP contribution in [-0.2, 0) is 17.8 Å². The van der Waals surface area contributed by atoms with Crippen molar-refractivity contribution in [2.24, 2.45) is 0 Å². The van der Waals surface area contributed by atoms with Gasteiger partial charge in [0.1, 0.15) is 5.82 Å². The van der Waals surface area contributed by atoms with E-state index in [0.717, 1.165) is 42.1 Å². The lowest BCUT2D eigenvalue weighted by Gasteiger charge is -2.22. The molecule has 1 aliphatic heterocycles. The van der Waals surface area contributed by atoms with Crippen LogP contribution in [0.3, 0.4) is 0 Å². The van der Waals surface area contributed by atoms with E-state index in [-0.39, 0.29) is 17.6 Å². The van der Waals surface area contributed by atoms with Gasteiger partial charge in [0, 0.05) is 35.9 Å². The van der Waals surface area contributed by atoms with Crippen LogP contribution in [0.4, 0.5) is 15.8 Å². The van der Waals surface area contributed by atoms with Gasteiger partial charge in [0.25, 0.3) is 5.91 Å². The Kier molecular flexibility index (Phi) is 6.62. The Balaban J connectivity index is 1.50. The molecule has 1 saturated heterocycles. The molecule has 0 aliphatic carbocycles. The molecule has 2 N–H and O–H groups in total. The van der Waals surface area contributed by atoms with Gasteiger partial charge < -0.3 is 15.5 Å². The fourth-order valence-electron chi connectivity index (χ4n) is 3.69. The summed E-state index contributed by atoms with van der Waals surface area (Å²) in [7, 11) is 0. The minimum Gasteiger partial charge on any atom is -0.371 e. The van der Waals surface area contributed by atoms with Crippen LogP contribution in [0.5, 0.6) is 0 Å². The molecule has 31 heavy (non-hydrogen) atoms. The van der Waals surface area contributed by atoms with E-state index >= 15 is 0 Å². The molecule has 2 aromatic carbocycles. The Bertz CT molecular complexity index is 1050. The SMILES string of the molecule is O=C(Cc1cccs1)Nc1ccc(N2CCCC2)c(C(=O)NCc2ccc(F)cc2)c1. The highest BCUT2D eigenvalue weighted by molar-refractivity contribution is 7.10. The number of halogens is 1.